The molecule has 0 aliphatic carbocycles. The minimum Gasteiger partial charge on any atom is -0.496 e. The van der Waals surface area contributed by atoms with E-state index < -0.39 is 5.97 Å². The lowest BCUT2D eigenvalue weighted by Gasteiger charge is -2.09. The van der Waals surface area contributed by atoms with Crippen LogP contribution in [-0.2, 0) is 4.74 Å². The van der Waals surface area contributed by atoms with Crippen molar-refractivity contribution < 1.29 is 14.3 Å². The fourth-order valence-corrected chi connectivity index (χ4v) is 2.49. The average molecular weight is 323 g/mol. The number of para-hydroxylation sites is 1. The van der Waals surface area contributed by atoms with E-state index in [2.05, 4.69) is 15.4 Å². The number of ether oxygens (including phenoxy) is 2. The minimum atomic E-state index is -0.496. The highest BCUT2D eigenvalue weighted by Gasteiger charge is 2.19. The highest BCUT2D eigenvalue weighted by atomic mass is 16.5. The third kappa shape index (κ3) is 2.99. The van der Waals surface area contributed by atoms with E-state index in [0.29, 0.717) is 5.69 Å². The maximum Gasteiger partial charge on any atom is 0.361 e. The lowest BCUT2D eigenvalue weighted by molar-refractivity contribution is 0.0520. The molecule has 2 aromatic carbocycles. The molecule has 1 aromatic heterocycles. The maximum absolute atomic E-state index is 12.0. The second kappa shape index (κ2) is 6.95. The van der Waals surface area contributed by atoms with Crippen molar-refractivity contribution in [3.05, 3.63) is 54.2 Å². The number of aromatic nitrogens is 3. The molecule has 6 nitrogen and oxygen atoms in total. The summed E-state index contributed by atoms with van der Waals surface area (Å²) in [5.74, 6) is 0.282. The van der Waals surface area contributed by atoms with Gasteiger partial charge in [-0.15, -0.1) is 5.10 Å². The van der Waals surface area contributed by atoms with Gasteiger partial charge in [0.1, 0.15) is 11.4 Å². The summed E-state index contributed by atoms with van der Waals surface area (Å²) in [6, 6.07) is 15.5. The molecular weight excluding hydrogens is 306 g/mol. The minimum absolute atomic E-state index is 0.175. The van der Waals surface area contributed by atoms with Crippen molar-refractivity contribution in [1.82, 2.24) is 15.4 Å². The van der Waals surface area contributed by atoms with Crippen molar-refractivity contribution in [2.45, 2.75) is 6.92 Å². The number of carbonyl (C=O) groups excluding carboxylic acids is 1. The van der Waals surface area contributed by atoms with Crippen LogP contribution in [0.1, 0.15) is 17.4 Å². The molecule has 1 N–H and O–H groups in total. The van der Waals surface area contributed by atoms with Crippen molar-refractivity contribution >= 4 is 5.97 Å². The number of aromatic amines is 1. The first-order valence-corrected chi connectivity index (χ1v) is 7.56. The van der Waals surface area contributed by atoms with Crippen LogP contribution in [0.2, 0.25) is 0 Å². The van der Waals surface area contributed by atoms with E-state index in [1.807, 2.05) is 48.5 Å². The Labute approximate surface area is 139 Å². The molecule has 24 heavy (non-hydrogen) atoms. The molecule has 0 saturated carbocycles. The Morgan fingerprint density at radius 1 is 1.08 bits per heavy atom. The molecule has 0 aliphatic heterocycles. The number of nitrogens with zero attached hydrogens (tertiary/aromatic N) is 2. The van der Waals surface area contributed by atoms with Gasteiger partial charge < -0.3 is 9.47 Å². The largest absolute Gasteiger partial charge is 0.496 e. The topological polar surface area (TPSA) is 77.1 Å². The van der Waals surface area contributed by atoms with E-state index >= 15 is 0 Å². The molecule has 0 aliphatic rings. The smallest absolute Gasteiger partial charge is 0.361 e. The molecular formula is C18H17N3O3. The van der Waals surface area contributed by atoms with Crippen molar-refractivity contribution in [2.24, 2.45) is 0 Å². The Bertz CT molecular complexity index is 858. The van der Waals surface area contributed by atoms with Crippen LogP contribution in [0, 0.1) is 0 Å². The Balaban J connectivity index is 2.04. The molecule has 0 saturated heterocycles. The zero-order valence-corrected chi connectivity index (χ0v) is 13.4. The van der Waals surface area contributed by atoms with Gasteiger partial charge in [0.05, 0.1) is 13.7 Å². The molecule has 6 heteroatoms. The third-order valence-corrected chi connectivity index (χ3v) is 3.57. The molecule has 0 bridgehead atoms. The van der Waals surface area contributed by atoms with E-state index in [9.17, 15) is 4.79 Å². The highest BCUT2D eigenvalue weighted by Crippen LogP contribution is 2.32. The first kappa shape index (κ1) is 15.7. The third-order valence-electron chi connectivity index (χ3n) is 3.57. The maximum atomic E-state index is 12.0. The lowest BCUT2D eigenvalue weighted by atomic mass is 10.0. The summed E-state index contributed by atoms with van der Waals surface area (Å²) in [7, 11) is 1.64. The van der Waals surface area contributed by atoms with Crippen LogP contribution < -0.4 is 4.74 Å². The van der Waals surface area contributed by atoms with Crippen molar-refractivity contribution in [3.63, 3.8) is 0 Å². The summed E-state index contributed by atoms with van der Waals surface area (Å²) >= 11 is 0. The van der Waals surface area contributed by atoms with E-state index in [0.717, 1.165) is 22.4 Å². The lowest BCUT2D eigenvalue weighted by Crippen LogP contribution is -2.06. The number of nitrogens with one attached hydrogen (secondary N) is 1. The SMILES string of the molecule is CCOC(=O)c1n[nH]nc1-c1cccc(-c2ccccc2OC)c1. The number of hydrogen-bond acceptors (Lipinski definition) is 5. The fourth-order valence-electron chi connectivity index (χ4n) is 2.49. The quantitative estimate of drug-likeness (QED) is 0.729. The van der Waals surface area contributed by atoms with Crippen LogP contribution in [0.25, 0.3) is 22.4 Å². The van der Waals surface area contributed by atoms with Gasteiger partial charge in [0.2, 0.25) is 0 Å². The summed E-state index contributed by atoms with van der Waals surface area (Å²) in [6.07, 6.45) is 0. The normalized spacial score (nSPS) is 10.4. The Hall–Kier alpha value is -3.15. The highest BCUT2D eigenvalue weighted by molar-refractivity contribution is 5.94. The molecule has 0 unspecified atom stereocenters. The Morgan fingerprint density at radius 3 is 2.67 bits per heavy atom. The van der Waals surface area contributed by atoms with Gasteiger partial charge in [0.25, 0.3) is 0 Å². The zero-order valence-electron chi connectivity index (χ0n) is 13.4. The van der Waals surface area contributed by atoms with Crippen LogP contribution in [0.3, 0.4) is 0 Å². The summed E-state index contributed by atoms with van der Waals surface area (Å²) < 4.78 is 10.4. The molecule has 0 spiro atoms. The van der Waals surface area contributed by atoms with Crippen LogP contribution in [-0.4, -0.2) is 35.1 Å². The van der Waals surface area contributed by atoms with Gasteiger partial charge in [-0.2, -0.15) is 10.3 Å². The number of methoxy groups -OCH3 is 1. The van der Waals surface area contributed by atoms with Gasteiger partial charge in [-0.1, -0.05) is 36.4 Å². The Morgan fingerprint density at radius 2 is 1.88 bits per heavy atom. The molecule has 0 fully saturated rings. The number of rotatable bonds is 5. The van der Waals surface area contributed by atoms with Crippen LogP contribution in [0.15, 0.2) is 48.5 Å². The van der Waals surface area contributed by atoms with Crippen molar-refractivity contribution in [3.8, 4) is 28.1 Å². The Kier molecular flexibility index (Phi) is 4.56. The predicted molar refractivity (Wildman–Crippen MR) is 89.8 cm³/mol. The monoisotopic (exact) mass is 323 g/mol. The molecule has 0 atom stereocenters. The van der Waals surface area contributed by atoms with Gasteiger partial charge in [-0.25, -0.2) is 4.79 Å². The molecule has 122 valence electrons. The zero-order chi connectivity index (χ0) is 16.9. The second-order valence-corrected chi connectivity index (χ2v) is 5.02. The van der Waals surface area contributed by atoms with Crippen LogP contribution in [0.4, 0.5) is 0 Å². The number of hydrogen-bond donors (Lipinski definition) is 1. The standard InChI is InChI=1S/C18H17N3O3/c1-3-24-18(22)17-16(19-21-20-17)13-8-6-7-12(11-13)14-9-4-5-10-15(14)23-2/h4-11H,3H2,1-2H3,(H,19,20,21). The van der Waals surface area contributed by atoms with Crippen LogP contribution in [0.5, 0.6) is 5.75 Å². The summed E-state index contributed by atoms with van der Waals surface area (Å²) in [6.45, 7) is 2.03. The van der Waals surface area contributed by atoms with Gasteiger partial charge in [0, 0.05) is 11.1 Å². The summed E-state index contributed by atoms with van der Waals surface area (Å²) in [4.78, 5) is 12.0. The van der Waals surface area contributed by atoms with Gasteiger partial charge in [0.15, 0.2) is 5.69 Å². The van der Waals surface area contributed by atoms with E-state index in [1.54, 1.807) is 14.0 Å². The van der Waals surface area contributed by atoms with Crippen molar-refractivity contribution in [2.75, 3.05) is 13.7 Å². The average Bonchev–Trinajstić information content (AvgIpc) is 3.12. The molecule has 3 aromatic rings. The second-order valence-electron chi connectivity index (χ2n) is 5.02. The summed E-state index contributed by atoms with van der Waals surface area (Å²) in [5.41, 5.74) is 3.33. The molecule has 0 amide bonds. The predicted octanol–water partition coefficient (Wildman–Crippen LogP) is 3.32. The first-order chi connectivity index (χ1) is 11.7. The first-order valence-electron chi connectivity index (χ1n) is 7.56. The number of carbonyl (C=O) groups is 1. The number of esters is 1. The number of H-pyrrole nitrogens is 1. The van der Waals surface area contributed by atoms with Crippen molar-refractivity contribution in [1.29, 1.82) is 0 Å². The molecule has 3 rings (SSSR count). The van der Waals surface area contributed by atoms with Crippen LogP contribution >= 0.6 is 0 Å². The van der Waals surface area contributed by atoms with E-state index in [1.165, 1.54) is 0 Å². The van der Waals surface area contributed by atoms with E-state index in [4.69, 9.17) is 9.47 Å². The number of benzene rings is 2. The summed E-state index contributed by atoms with van der Waals surface area (Å²) in [5, 5.41) is 10.5. The van der Waals surface area contributed by atoms with E-state index in [-0.39, 0.29) is 12.3 Å². The molecule has 0 radical (unpaired) electrons. The van der Waals surface area contributed by atoms with Gasteiger partial charge in [-0.3, -0.25) is 0 Å². The molecule has 1 heterocycles. The van der Waals surface area contributed by atoms with Gasteiger partial charge in [-0.05, 0) is 24.6 Å². The van der Waals surface area contributed by atoms with Gasteiger partial charge >= 0.3 is 5.97 Å². The fraction of sp³-hybridized carbons (Fsp3) is 0.167.